The van der Waals surface area contributed by atoms with E-state index in [1.54, 1.807) is 0 Å². The summed E-state index contributed by atoms with van der Waals surface area (Å²) in [5.41, 5.74) is 0. The predicted octanol–water partition coefficient (Wildman–Crippen LogP) is -0.0705. The highest BCUT2D eigenvalue weighted by Crippen LogP contribution is 2.00. The Labute approximate surface area is 115 Å². The molecule has 0 aliphatic carbocycles. The minimum atomic E-state index is -3.67. The summed E-state index contributed by atoms with van der Waals surface area (Å²) in [5.74, 6) is 0. The Bertz CT molecular complexity index is 308. The molecular weight excluding hydrogens is 300 g/mol. The van der Waals surface area contributed by atoms with Crippen LogP contribution in [0.3, 0.4) is 0 Å². The van der Waals surface area contributed by atoms with Gasteiger partial charge in [-0.15, -0.1) is 0 Å². The third-order valence-corrected chi connectivity index (χ3v) is 1.32. The third-order valence-electron chi connectivity index (χ3n) is 1.32. The second-order valence-corrected chi connectivity index (χ2v) is 6.61. The number of aliphatic hydroxyl groups excluding tert-OH is 2. The van der Waals surface area contributed by atoms with Crippen LogP contribution in [0.15, 0.2) is 0 Å². The average Bonchev–Trinajstić information content (AvgIpc) is 2.12. The minimum absolute atomic E-state index is 0.305. The van der Waals surface area contributed by atoms with Gasteiger partial charge in [-0.3, -0.25) is 9.11 Å². The molecule has 10 heteroatoms. The van der Waals surface area contributed by atoms with Gasteiger partial charge >= 0.3 is 0 Å². The molecule has 0 saturated carbocycles. The van der Waals surface area contributed by atoms with Crippen molar-refractivity contribution in [2.45, 2.75) is 32.1 Å². The molecule has 8 nitrogen and oxygen atoms in total. The molecule has 0 aromatic heterocycles. The summed E-state index contributed by atoms with van der Waals surface area (Å²) in [4.78, 5) is 0. The average molecular weight is 324 g/mol. The number of unbranched alkanes of at least 4 members (excludes halogenated alkanes) is 4. The van der Waals surface area contributed by atoms with Crippen LogP contribution in [0, 0.1) is 0 Å². The van der Waals surface area contributed by atoms with Gasteiger partial charge in [0.2, 0.25) is 0 Å². The maximum atomic E-state index is 9.19. The van der Waals surface area contributed by atoms with Crippen molar-refractivity contribution in [3.63, 3.8) is 0 Å². The molecule has 0 unspecified atom stereocenters. The molecule has 0 heterocycles. The maximum Gasteiger partial charge on any atom is 0.261 e. The maximum absolute atomic E-state index is 9.19. The Balaban J connectivity index is -0.000000219. The lowest BCUT2D eigenvalue weighted by molar-refractivity contribution is 0.272. The van der Waals surface area contributed by atoms with Crippen molar-refractivity contribution in [2.24, 2.45) is 0 Å². The first kappa shape index (κ1) is 23.8. The standard InChI is InChI=1S/C7H16O2.2CH4O3S/c8-6-4-2-1-3-5-7-9;2*1-5(2,3)4/h8-9H,1-7H2;2*1H3,(H,2,3,4). The first-order chi connectivity index (χ1) is 8.41. The van der Waals surface area contributed by atoms with E-state index < -0.39 is 20.2 Å². The van der Waals surface area contributed by atoms with Crippen LogP contribution in [0.2, 0.25) is 0 Å². The van der Waals surface area contributed by atoms with Gasteiger partial charge in [-0.05, 0) is 12.8 Å². The normalized spacial score (nSPS) is 10.8. The Morgan fingerprint density at radius 2 is 0.789 bits per heavy atom. The van der Waals surface area contributed by atoms with Crippen LogP contribution in [-0.2, 0) is 20.2 Å². The molecule has 0 saturated heterocycles. The van der Waals surface area contributed by atoms with E-state index in [2.05, 4.69) is 0 Å². The van der Waals surface area contributed by atoms with E-state index in [-0.39, 0.29) is 0 Å². The second-order valence-electron chi connectivity index (χ2n) is 3.68. The van der Waals surface area contributed by atoms with Crippen LogP contribution in [0.5, 0.6) is 0 Å². The molecular formula is C9H24O8S2. The summed E-state index contributed by atoms with van der Waals surface area (Å²) in [7, 11) is -7.33. The smallest absolute Gasteiger partial charge is 0.261 e. The van der Waals surface area contributed by atoms with Crippen molar-refractivity contribution in [2.75, 3.05) is 25.7 Å². The van der Waals surface area contributed by atoms with E-state index in [0.717, 1.165) is 32.1 Å². The van der Waals surface area contributed by atoms with Crippen LogP contribution in [0.25, 0.3) is 0 Å². The van der Waals surface area contributed by atoms with Gasteiger partial charge in [0.1, 0.15) is 0 Å². The first-order valence-electron chi connectivity index (χ1n) is 5.48. The monoisotopic (exact) mass is 324 g/mol. The Morgan fingerprint density at radius 3 is 0.947 bits per heavy atom. The van der Waals surface area contributed by atoms with Crippen molar-refractivity contribution in [3.05, 3.63) is 0 Å². The summed E-state index contributed by atoms with van der Waals surface area (Å²) in [6.07, 6.45) is 6.57. The van der Waals surface area contributed by atoms with Crippen LogP contribution < -0.4 is 0 Å². The fourth-order valence-electron chi connectivity index (χ4n) is 0.754. The summed E-state index contributed by atoms with van der Waals surface area (Å²) in [6, 6.07) is 0. The molecule has 19 heavy (non-hydrogen) atoms. The highest BCUT2D eigenvalue weighted by Gasteiger charge is 1.86. The van der Waals surface area contributed by atoms with Gasteiger partial charge < -0.3 is 10.2 Å². The second kappa shape index (κ2) is 14.2. The molecule has 0 rings (SSSR count). The molecule has 0 spiro atoms. The summed E-state index contributed by atoms with van der Waals surface area (Å²) in [5, 5.41) is 16.7. The molecule has 0 aromatic carbocycles. The zero-order valence-corrected chi connectivity index (χ0v) is 12.8. The Kier molecular flexibility index (Phi) is 17.7. The molecule has 4 N–H and O–H groups in total. The van der Waals surface area contributed by atoms with E-state index in [0.29, 0.717) is 25.7 Å². The van der Waals surface area contributed by atoms with Crippen LogP contribution in [-0.4, -0.2) is 61.9 Å². The van der Waals surface area contributed by atoms with Crippen molar-refractivity contribution in [1.82, 2.24) is 0 Å². The number of hydrogen-bond donors (Lipinski definition) is 4. The Morgan fingerprint density at radius 1 is 0.632 bits per heavy atom. The first-order valence-corrected chi connectivity index (χ1v) is 9.18. The number of rotatable bonds is 6. The Hall–Kier alpha value is -0.260. The van der Waals surface area contributed by atoms with Crippen molar-refractivity contribution < 1.29 is 36.2 Å². The molecule has 0 bridgehead atoms. The van der Waals surface area contributed by atoms with Gasteiger partial charge in [0.15, 0.2) is 0 Å². The van der Waals surface area contributed by atoms with Gasteiger partial charge in [0, 0.05) is 13.2 Å². The fraction of sp³-hybridized carbons (Fsp3) is 1.00. The lowest BCUT2D eigenvalue weighted by Gasteiger charge is -1.95. The highest BCUT2D eigenvalue weighted by atomic mass is 32.2. The van der Waals surface area contributed by atoms with E-state index >= 15 is 0 Å². The molecule has 0 amide bonds. The van der Waals surface area contributed by atoms with Crippen molar-refractivity contribution in [3.8, 4) is 0 Å². The van der Waals surface area contributed by atoms with Gasteiger partial charge in [-0.2, -0.15) is 16.8 Å². The van der Waals surface area contributed by atoms with Gasteiger partial charge in [0.05, 0.1) is 12.5 Å². The van der Waals surface area contributed by atoms with Gasteiger partial charge in [0.25, 0.3) is 20.2 Å². The zero-order valence-electron chi connectivity index (χ0n) is 11.2. The lowest BCUT2D eigenvalue weighted by atomic mass is 10.2. The topological polar surface area (TPSA) is 149 Å². The lowest BCUT2D eigenvalue weighted by Crippen LogP contribution is -1.88. The van der Waals surface area contributed by atoms with Crippen molar-refractivity contribution in [1.29, 1.82) is 0 Å². The van der Waals surface area contributed by atoms with Gasteiger partial charge in [-0.1, -0.05) is 19.3 Å². The predicted molar refractivity (Wildman–Crippen MR) is 72.2 cm³/mol. The zero-order chi connectivity index (χ0) is 15.9. The fourth-order valence-corrected chi connectivity index (χ4v) is 0.754. The molecule has 120 valence electrons. The largest absolute Gasteiger partial charge is 0.396 e. The van der Waals surface area contributed by atoms with E-state index in [1.165, 1.54) is 0 Å². The van der Waals surface area contributed by atoms with Crippen molar-refractivity contribution >= 4 is 20.2 Å². The summed E-state index contributed by atoms with van der Waals surface area (Å²) in [6.45, 7) is 0.609. The van der Waals surface area contributed by atoms with Crippen LogP contribution in [0.4, 0.5) is 0 Å². The van der Waals surface area contributed by atoms with E-state index in [1.807, 2.05) is 0 Å². The summed E-state index contributed by atoms with van der Waals surface area (Å²) >= 11 is 0. The van der Waals surface area contributed by atoms with E-state index in [9.17, 15) is 16.8 Å². The van der Waals surface area contributed by atoms with Crippen LogP contribution in [0.1, 0.15) is 32.1 Å². The quantitative estimate of drug-likeness (QED) is 0.392. The van der Waals surface area contributed by atoms with Crippen LogP contribution >= 0.6 is 0 Å². The number of hydrogen-bond acceptors (Lipinski definition) is 6. The minimum Gasteiger partial charge on any atom is -0.396 e. The molecule has 0 fully saturated rings. The van der Waals surface area contributed by atoms with Gasteiger partial charge in [-0.25, -0.2) is 0 Å². The number of aliphatic hydroxyl groups is 2. The molecule has 0 aromatic rings. The SMILES string of the molecule is CS(=O)(=O)O.CS(=O)(=O)O.OCCCCCCCO. The highest BCUT2D eigenvalue weighted by molar-refractivity contribution is 7.85. The summed E-state index contributed by atoms with van der Waals surface area (Å²) < 4.78 is 51.7. The molecule has 0 atom stereocenters. The molecule has 0 aliphatic heterocycles. The van der Waals surface area contributed by atoms with E-state index in [4.69, 9.17) is 19.3 Å². The third kappa shape index (κ3) is 133. The molecule has 0 aliphatic rings. The molecule has 0 radical (unpaired) electrons.